The molecule has 2 aromatic carbocycles. The van der Waals surface area contributed by atoms with E-state index in [9.17, 15) is 0 Å². The average molecular weight is 510 g/mol. The molecule has 6 heteroatoms. The molecule has 0 aromatic heterocycles. The van der Waals surface area contributed by atoms with E-state index in [1.165, 1.54) is 10.6 Å². The van der Waals surface area contributed by atoms with Crippen LogP contribution in [0.4, 0.5) is 5.69 Å². The van der Waals surface area contributed by atoms with Crippen LogP contribution in [0, 0.1) is 0 Å². The third-order valence-corrected chi connectivity index (χ3v) is 5.93. The van der Waals surface area contributed by atoms with Crippen molar-refractivity contribution in [3.8, 4) is 0 Å². The number of benzene rings is 2. The molecule has 28 heavy (non-hydrogen) atoms. The largest absolute Gasteiger partial charge is 0.371 e. The van der Waals surface area contributed by atoms with Crippen LogP contribution < -0.4 is 15.5 Å². The van der Waals surface area contributed by atoms with E-state index in [1.54, 1.807) is 0 Å². The minimum Gasteiger partial charge on any atom is -0.371 e. The number of rotatable bonds is 6. The topological polar surface area (TPSA) is 39.7 Å². The summed E-state index contributed by atoms with van der Waals surface area (Å²) in [4.78, 5) is 8.18. The van der Waals surface area contributed by atoms with E-state index < -0.39 is 0 Å². The van der Waals surface area contributed by atoms with Crippen molar-refractivity contribution in [3.63, 3.8) is 0 Å². The van der Waals surface area contributed by atoms with E-state index in [0.717, 1.165) is 38.4 Å². The zero-order chi connectivity index (χ0) is 18.9. The van der Waals surface area contributed by atoms with E-state index >= 15 is 0 Å². The van der Waals surface area contributed by atoms with E-state index in [-0.39, 0.29) is 24.0 Å². The van der Waals surface area contributed by atoms with E-state index in [0.29, 0.717) is 11.3 Å². The Labute approximate surface area is 190 Å². The van der Waals surface area contributed by atoms with E-state index in [1.807, 2.05) is 18.8 Å². The second kappa shape index (κ2) is 12.2. The van der Waals surface area contributed by atoms with Crippen LogP contribution >= 0.6 is 35.7 Å². The summed E-state index contributed by atoms with van der Waals surface area (Å²) in [7, 11) is 1.85. The molecule has 1 fully saturated rings. The molecule has 0 radical (unpaired) electrons. The number of para-hydroxylation sites is 1. The van der Waals surface area contributed by atoms with Gasteiger partial charge in [0.15, 0.2) is 5.96 Å². The summed E-state index contributed by atoms with van der Waals surface area (Å²) in [6.07, 6.45) is 2.26. The van der Waals surface area contributed by atoms with Crippen LogP contribution in [0.2, 0.25) is 0 Å². The Kier molecular flexibility index (Phi) is 9.98. The van der Waals surface area contributed by atoms with Crippen molar-refractivity contribution in [2.45, 2.75) is 36.0 Å². The van der Waals surface area contributed by atoms with Gasteiger partial charge in [0.05, 0.1) is 0 Å². The number of piperidine rings is 1. The predicted octanol–water partition coefficient (Wildman–Crippen LogP) is 4.62. The quantitative estimate of drug-likeness (QED) is 0.258. The molecule has 1 aliphatic heterocycles. The van der Waals surface area contributed by atoms with Crippen LogP contribution in [-0.2, 0) is 0 Å². The number of anilines is 1. The maximum absolute atomic E-state index is 4.41. The van der Waals surface area contributed by atoms with Gasteiger partial charge in [-0.2, -0.15) is 0 Å². The van der Waals surface area contributed by atoms with Crippen molar-refractivity contribution < 1.29 is 0 Å². The molecule has 0 amide bonds. The number of hydrogen-bond donors (Lipinski definition) is 2. The fourth-order valence-electron chi connectivity index (χ4n) is 3.32. The Hall–Kier alpha value is -1.41. The highest BCUT2D eigenvalue weighted by molar-refractivity contribution is 14.0. The molecule has 1 unspecified atom stereocenters. The van der Waals surface area contributed by atoms with Crippen LogP contribution in [0.15, 0.2) is 70.6 Å². The Balaban J connectivity index is 0.00000280. The summed E-state index contributed by atoms with van der Waals surface area (Å²) < 4.78 is 0. The molecule has 4 nitrogen and oxygen atoms in total. The minimum absolute atomic E-state index is 0. The highest BCUT2D eigenvalue weighted by Crippen LogP contribution is 2.22. The maximum atomic E-state index is 4.41. The van der Waals surface area contributed by atoms with Crippen molar-refractivity contribution in [1.82, 2.24) is 10.6 Å². The van der Waals surface area contributed by atoms with Crippen molar-refractivity contribution >= 4 is 47.4 Å². The fraction of sp³-hybridized carbons (Fsp3) is 0.409. The van der Waals surface area contributed by atoms with E-state index in [4.69, 9.17) is 0 Å². The number of aliphatic imine (C=N–C) groups is 1. The van der Waals surface area contributed by atoms with Crippen molar-refractivity contribution in [3.05, 3.63) is 60.7 Å². The van der Waals surface area contributed by atoms with Gasteiger partial charge in [0.2, 0.25) is 0 Å². The zero-order valence-corrected chi connectivity index (χ0v) is 19.8. The molecule has 0 saturated carbocycles. The van der Waals surface area contributed by atoms with Gasteiger partial charge in [-0.15, -0.1) is 35.7 Å². The standard InChI is InChI=1S/C22H30N4S.HI/c1-18(27-21-11-7-4-8-12-21)17-24-22(23-2)25-19-13-15-26(16-14-19)20-9-5-3-6-10-20;/h3-12,18-19H,13-17H2,1-2H3,(H2,23,24,25);1H. The van der Waals surface area contributed by atoms with Crippen LogP contribution in [0.25, 0.3) is 0 Å². The van der Waals surface area contributed by atoms with Gasteiger partial charge in [0.1, 0.15) is 0 Å². The van der Waals surface area contributed by atoms with Gasteiger partial charge in [-0.1, -0.05) is 43.3 Å². The predicted molar refractivity (Wildman–Crippen MR) is 133 cm³/mol. The smallest absolute Gasteiger partial charge is 0.191 e. The number of nitrogens with zero attached hydrogens (tertiary/aromatic N) is 2. The SMILES string of the molecule is CN=C(NCC(C)Sc1ccccc1)NC1CCN(c2ccccc2)CC1.I. The van der Waals surface area contributed by atoms with Gasteiger partial charge < -0.3 is 15.5 Å². The van der Waals surface area contributed by atoms with Gasteiger partial charge in [-0.25, -0.2) is 0 Å². The summed E-state index contributed by atoms with van der Waals surface area (Å²) in [5.41, 5.74) is 1.32. The Morgan fingerprint density at radius 1 is 1.07 bits per heavy atom. The molecule has 2 N–H and O–H groups in total. The van der Waals surface area contributed by atoms with Crippen LogP contribution in [-0.4, -0.2) is 43.9 Å². The molecule has 1 saturated heterocycles. The average Bonchev–Trinajstić information content (AvgIpc) is 2.73. The first-order chi connectivity index (χ1) is 13.2. The first kappa shape index (κ1) is 22.9. The normalized spacial score (nSPS) is 16.2. The molecular formula is C22H31IN4S. The van der Waals surface area contributed by atoms with Crippen LogP contribution in [0.1, 0.15) is 19.8 Å². The Morgan fingerprint density at radius 2 is 1.68 bits per heavy atom. The lowest BCUT2D eigenvalue weighted by Crippen LogP contribution is -2.49. The Morgan fingerprint density at radius 3 is 2.29 bits per heavy atom. The van der Waals surface area contributed by atoms with Crippen LogP contribution in [0.3, 0.4) is 0 Å². The van der Waals surface area contributed by atoms with Crippen molar-refractivity contribution in [2.75, 3.05) is 31.6 Å². The van der Waals surface area contributed by atoms with Crippen LogP contribution in [0.5, 0.6) is 0 Å². The molecule has 1 heterocycles. The third-order valence-electron chi connectivity index (χ3n) is 4.82. The first-order valence-corrected chi connectivity index (χ1v) is 10.6. The van der Waals surface area contributed by atoms with Gasteiger partial charge >= 0.3 is 0 Å². The van der Waals surface area contributed by atoms with Gasteiger partial charge in [0, 0.05) is 48.6 Å². The lowest BCUT2D eigenvalue weighted by Gasteiger charge is -2.34. The zero-order valence-electron chi connectivity index (χ0n) is 16.7. The maximum Gasteiger partial charge on any atom is 0.191 e. The number of halogens is 1. The summed E-state index contributed by atoms with van der Waals surface area (Å²) in [6.45, 7) is 5.30. The van der Waals surface area contributed by atoms with Crippen molar-refractivity contribution in [1.29, 1.82) is 0 Å². The molecule has 1 aliphatic rings. The van der Waals surface area contributed by atoms with Crippen molar-refractivity contribution in [2.24, 2.45) is 4.99 Å². The molecule has 0 aliphatic carbocycles. The number of guanidine groups is 1. The molecule has 2 aromatic rings. The minimum atomic E-state index is 0. The second-order valence-electron chi connectivity index (χ2n) is 6.94. The molecule has 0 bridgehead atoms. The van der Waals surface area contributed by atoms with Gasteiger partial charge in [-0.05, 0) is 37.1 Å². The lowest BCUT2D eigenvalue weighted by molar-refractivity contribution is 0.461. The summed E-state index contributed by atoms with van der Waals surface area (Å²) in [5, 5.41) is 7.56. The molecule has 152 valence electrons. The number of thioether (sulfide) groups is 1. The summed E-state index contributed by atoms with van der Waals surface area (Å²) >= 11 is 1.89. The summed E-state index contributed by atoms with van der Waals surface area (Å²) in [6, 6.07) is 21.7. The molecular weight excluding hydrogens is 479 g/mol. The second-order valence-corrected chi connectivity index (χ2v) is 8.45. The number of nitrogens with one attached hydrogen (secondary N) is 2. The third kappa shape index (κ3) is 7.20. The molecule has 3 rings (SSSR count). The lowest BCUT2D eigenvalue weighted by atomic mass is 10.0. The van der Waals surface area contributed by atoms with Gasteiger partial charge in [-0.3, -0.25) is 4.99 Å². The fourth-order valence-corrected chi connectivity index (χ4v) is 4.27. The Bertz CT molecular complexity index is 703. The highest BCUT2D eigenvalue weighted by Gasteiger charge is 2.20. The van der Waals surface area contributed by atoms with Gasteiger partial charge in [0.25, 0.3) is 0 Å². The number of hydrogen-bond acceptors (Lipinski definition) is 3. The highest BCUT2D eigenvalue weighted by atomic mass is 127. The summed E-state index contributed by atoms with van der Waals surface area (Å²) in [5.74, 6) is 0.911. The molecule has 0 spiro atoms. The first-order valence-electron chi connectivity index (χ1n) is 9.73. The van der Waals surface area contributed by atoms with E-state index in [2.05, 4.69) is 88.1 Å². The molecule has 1 atom stereocenters. The monoisotopic (exact) mass is 510 g/mol.